The van der Waals surface area contributed by atoms with Crippen molar-refractivity contribution >= 4 is 21.6 Å². The molecule has 0 saturated heterocycles. The van der Waals surface area contributed by atoms with E-state index >= 15 is 0 Å². The molecule has 0 radical (unpaired) electrons. The van der Waals surface area contributed by atoms with E-state index in [1.54, 1.807) is 17.7 Å². The van der Waals surface area contributed by atoms with E-state index in [1.165, 1.54) is 21.5 Å². The molecule has 1 N–H and O–H groups in total. The number of thiophene rings is 1. The molecule has 0 aliphatic carbocycles. The highest BCUT2D eigenvalue weighted by Crippen LogP contribution is 2.30. The summed E-state index contributed by atoms with van der Waals surface area (Å²) in [5, 5.41) is 4.69. The molecular weight excluding hydrogens is 230 g/mol. The molecule has 0 aromatic carbocycles. The summed E-state index contributed by atoms with van der Waals surface area (Å²) in [6, 6.07) is 0.456. The summed E-state index contributed by atoms with van der Waals surface area (Å²) < 4.78 is 0. The van der Waals surface area contributed by atoms with Crippen molar-refractivity contribution < 1.29 is 0 Å². The number of hydrogen-bond acceptors (Lipinski definition) is 4. The second kappa shape index (κ2) is 5.10. The van der Waals surface area contributed by atoms with E-state index in [-0.39, 0.29) is 0 Å². The molecule has 2 heterocycles. The number of rotatable bonds is 4. The fourth-order valence-electron chi connectivity index (χ4n) is 2.12. The van der Waals surface area contributed by atoms with Crippen molar-refractivity contribution in [1.29, 1.82) is 0 Å². The summed E-state index contributed by atoms with van der Waals surface area (Å²) in [5.74, 6) is 0. The van der Waals surface area contributed by atoms with E-state index in [2.05, 4.69) is 43.0 Å². The second-order valence-corrected chi connectivity index (χ2v) is 5.65. The van der Waals surface area contributed by atoms with Crippen molar-refractivity contribution in [3.8, 4) is 0 Å². The fourth-order valence-corrected chi connectivity index (χ4v) is 3.14. The topological polar surface area (TPSA) is 37.8 Å². The first-order chi connectivity index (χ1) is 8.13. The minimum atomic E-state index is 0.456. The van der Waals surface area contributed by atoms with E-state index in [0.717, 1.165) is 17.8 Å². The maximum Gasteiger partial charge on any atom is 0.127 e. The number of aryl methyl sites for hydroxylation is 2. The quantitative estimate of drug-likeness (QED) is 0.905. The fraction of sp³-hybridized carbons (Fsp3) is 0.538. The Kier molecular flexibility index (Phi) is 3.74. The van der Waals surface area contributed by atoms with Crippen LogP contribution in [0.1, 0.15) is 30.0 Å². The summed E-state index contributed by atoms with van der Waals surface area (Å²) in [5.41, 5.74) is 2.51. The molecule has 0 aliphatic heterocycles. The molecule has 2 aromatic rings. The van der Waals surface area contributed by atoms with Gasteiger partial charge in [0.15, 0.2) is 0 Å². The molecule has 1 atom stereocenters. The Labute approximate surface area is 106 Å². The standard InChI is InChI=1S/C13H19N3S/c1-5-14-8(2)6-11-12-9(3)10(4)17-13(12)16-7-15-11/h7-8,14H,5-6H2,1-4H3. The molecule has 3 nitrogen and oxygen atoms in total. The Balaban J connectivity index is 2.40. The Morgan fingerprint density at radius 3 is 2.82 bits per heavy atom. The number of fused-ring (bicyclic) bond motifs is 1. The summed E-state index contributed by atoms with van der Waals surface area (Å²) in [7, 11) is 0. The van der Waals surface area contributed by atoms with Crippen LogP contribution in [0.5, 0.6) is 0 Å². The molecule has 0 bridgehead atoms. The van der Waals surface area contributed by atoms with Gasteiger partial charge in [-0.25, -0.2) is 9.97 Å². The lowest BCUT2D eigenvalue weighted by Crippen LogP contribution is -2.28. The van der Waals surface area contributed by atoms with Gasteiger partial charge in [-0.05, 0) is 32.9 Å². The van der Waals surface area contributed by atoms with Crippen molar-refractivity contribution in [2.24, 2.45) is 0 Å². The van der Waals surface area contributed by atoms with Crippen molar-refractivity contribution in [1.82, 2.24) is 15.3 Å². The second-order valence-electron chi connectivity index (χ2n) is 4.45. The minimum absolute atomic E-state index is 0.456. The molecule has 17 heavy (non-hydrogen) atoms. The number of likely N-dealkylation sites (N-methyl/N-ethyl adjacent to an activating group) is 1. The molecular formula is C13H19N3S. The molecule has 0 spiro atoms. The molecule has 0 aliphatic rings. The molecule has 0 amide bonds. The van der Waals surface area contributed by atoms with Crippen molar-refractivity contribution in [2.75, 3.05) is 6.54 Å². The van der Waals surface area contributed by atoms with Gasteiger partial charge < -0.3 is 5.32 Å². The van der Waals surface area contributed by atoms with Crippen LogP contribution in [0.2, 0.25) is 0 Å². The van der Waals surface area contributed by atoms with Gasteiger partial charge in [0.2, 0.25) is 0 Å². The largest absolute Gasteiger partial charge is 0.314 e. The third-order valence-corrected chi connectivity index (χ3v) is 4.21. The summed E-state index contributed by atoms with van der Waals surface area (Å²) in [4.78, 5) is 11.3. The normalized spacial score (nSPS) is 13.2. The van der Waals surface area contributed by atoms with Gasteiger partial charge in [0.1, 0.15) is 11.2 Å². The van der Waals surface area contributed by atoms with Gasteiger partial charge in [-0.2, -0.15) is 0 Å². The third kappa shape index (κ3) is 2.48. The zero-order chi connectivity index (χ0) is 12.4. The molecule has 0 fully saturated rings. The lowest BCUT2D eigenvalue weighted by atomic mass is 10.1. The highest BCUT2D eigenvalue weighted by atomic mass is 32.1. The van der Waals surface area contributed by atoms with Gasteiger partial charge >= 0.3 is 0 Å². The van der Waals surface area contributed by atoms with Gasteiger partial charge in [-0.15, -0.1) is 11.3 Å². The maximum absolute atomic E-state index is 4.46. The van der Waals surface area contributed by atoms with Crippen LogP contribution in [0.15, 0.2) is 6.33 Å². The molecule has 2 rings (SSSR count). The Hall–Kier alpha value is -1.00. The monoisotopic (exact) mass is 249 g/mol. The van der Waals surface area contributed by atoms with Gasteiger partial charge in [-0.1, -0.05) is 6.92 Å². The van der Waals surface area contributed by atoms with Gasteiger partial charge in [-0.3, -0.25) is 0 Å². The lowest BCUT2D eigenvalue weighted by molar-refractivity contribution is 0.561. The minimum Gasteiger partial charge on any atom is -0.314 e. The molecule has 92 valence electrons. The van der Waals surface area contributed by atoms with Crippen LogP contribution >= 0.6 is 11.3 Å². The number of hydrogen-bond donors (Lipinski definition) is 1. The maximum atomic E-state index is 4.46. The third-order valence-electron chi connectivity index (χ3n) is 3.10. The Morgan fingerprint density at radius 1 is 1.35 bits per heavy atom. The van der Waals surface area contributed by atoms with E-state index in [1.807, 2.05) is 0 Å². The smallest absolute Gasteiger partial charge is 0.127 e. The predicted octanol–water partition coefficient (Wildman–Crippen LogP) is 2.85. The predicted molar refractivity (Wildman–Crippen MR) is 73.7 cm³/mol. The molecule has 2 aromatic heterocycles. The van der Waals surface area contributed by atoms with Crippen molar-refractivity contribution in [2.45, 2.75) is 40.2 Å². The van der Waals surface area contributed by atoms with Crippen LogP contribution in [0, 0.1) is 13.8 Å². The number of nitrogens with one attached hydrogen (secondary N) is 1. The molecule has 1 unspecified atom stereocenters. The van der Waals surface area contributed by atoms with E-state index in [9.17, 15) is 0 Å². The summed E-state index contributed by atoms with van der Waals surface area (Å²) in [6.07, 6.45) is 2.65. The van der Waals surface area contributed by atoms with Crippen LogP contribution in [0.25, 0.3) is 10.2 Å². The highest BCUT2D eigenvalue weighted by molar-refractivity contribution is 7.18. The van der Waals surface area contributed by atoms with Crippen LogP contribution in [0.3, 0.4) is 0 Å². The van der Waals surface area contributed by atoms with Crippen LogP contribution < -0.4 is 5.32 Å². The average Bonchev–Trinajstić information content (AvgIpc) is 2.56. The van der Waals surface area contributed by atoms with Crippen LogP contribution in [-0.4, -0.2) is 22.6 Å². The van der Waals surface area contributed by atoms with E-state index < -0.39 is 0 Å². The Bertz CT molecular complexity index is 519. The zero-order valence-corrected chi connectivity index (χ0v) is 11.7. The van der Waals surface area contributed by atoms with Crippen molar-refractivity contribution in [3.05, 3.63) is 22.5 Å². The molecule has 4 heteroatoms. The van der Waals surface area contributed by atoms with Gasteiger partial charge in [0.25, 0.3) is 0 Å². The highest BCUT2D eigenvalue weighted by Gasteiger charge is 2.13. The van der Waals surface area contributed by atoms with Crippen LogP contribution in [0.4, 0.5) is 0 Å². The summed E-state index contributed by atoms with van der Waals surface area (Å²) >= 11 is 1.76. The first-order valence-corrected chi connectivity index (χ1v) is 6.88. The van der Waals surface area contributed by atoms with Gasteiger partial charge in [0, 0.05) is 22.7 Å². The Morgan fingerprint density at radius 2 is 2.12 bits per heavy atom. The average molecular weight is 249 g/mol. The van der Waals surface area contributed by atoms with Gasteiger partial charge in [0.05, 0.1) is 5.69 Å². The SMILES string of the molecule is CCNC(C)Cc1ncnc2sc(C)c(C)c12. The van der Waals surface area contributed by atoms with E-state index in [0.29, 0.717) is 6.04 Å². The van der Waals surface area contributed by atoms with Crippen molar-refractivity contribution in [3.63, 3.8) is 0 Å². The van der Waals surface area contributed by atoms with Crippen LogP contribution in [-0.2, 0) is 6.42 Å². The first-order valence-electron chi connectivity index (χ1n) is 6.06. The first kappa shape index (κ1) is 12.5. The number of aromatic nitrogens is 2. The number of nitrogens with zero attached hydrogens (tertiary/aromatic N) is 2. The molecule has 0 saturated carbocycles. The van der Waals surface area contributed by atoms with E-state index in [4.69, 9.17) is 0 Å². The lowest BCUT2D eigenvalue weighted by Gasteiger charge is -2.12. The summed E-state index contributed by atoms with van der Waals surface area (Å²) in [6.45, 7) is 9.65. The zero-order valence-electron chi connectivity index (χ0n) is 10.9.